The minimum Gasteiger partial charge on any atom is -0.393 e. The molecule has 11 heteroatoms. The Morgan fingerprint density at radius 1 is 1.38 bits per heavy atom. The Hall–Kier alpha value is -2.69. The van der Waals surface area contributed by atoms with Gasteiger partial charge >= 0.3 is 6.03 Å². The van der Waals surface area contributed by atoms with E-state index in [-0.39, 0.29) is 36.6 Å². The van der Waals surface area contributed by atoms with E-state index in [0.29, 0.717) is 4.47 Å². The maximum absolute atomic E-state index is 12.7. The van der Waals surface area contributed by atoms with E-state index in [9.17, 15) is 24.5 Å². The van der Waals surface area contributed by atoms with Crippen molar-refractivity contribution in [2.45, 2.75) is 6.04 Å². The second-order valence-corrected chi connectivity index (χ2v) is 6.31. The fourth-order valence-electron chi connectivity index (χ4n) is 2.80. The molecule has 3 rings (SSSR count). The van der Waals surface area contributed by atoms with Crippen molar-refractivity contribution in [3.63, 3.8) is 0 Å². The number of nitrogen functional groups attached to an aromatic ring is 1. The number of imide groups is 1. The molecular weight excluding hydrogens is 386 g/mol. The summed E-state index contributed by atoms with van der Waals surface area (Å²) in [5, 5.41) is 13.2. The van der Waals surface area contributed by atoms with Crippen LogP contribution in [0.5, 0.6) is 0 Å². The second-order valence-electron chi connectivity index (χ2n) is 5.40. The highest BCUT2D eigenvalue weighted by Gasteiger charge is 2.43. The van der Waals surface area contributed by atoms with Crippen molar-refractivity contribution >= 4 is 45.2 Å². The highest BCUT2D eigenvalue weighted by atomic mass is 79.9. The Kier molecular flexibility index (Phi) is 3.87. The number of nitrogens with one attached hydrogen (secondary N) is 1. The SMILES string of the molecule is Nc1c(C(=O)N2CCN3C(=O)NC(=O)C3C2)cc(Br)cc1[N+](=O)[O-]. The molecule has 24 heavy (non-hydrogen) atoms. The van der Waals surface area contributed by atoms with Gasteiger partial charge in [0.15, 0.2) is 0 Å². The van der Waals surface area contributed by atoms with Crippen LogP contribution in [0.25, 0.3) is 0 Å². The number of nitrogens with zero attached hydrogens (tertiary/aromatic N) is 3. The number of fused-ring (bicyclic) bond motifs is 1. The smallest absolute Gasteiger partial charge is 0.324 e. The van der Waals surface area contributed by atoms with Crippen molar-refractivity contribution in [3.8, 4) is 0 Å². The average molecular weight is 398 g/mol. The average Bonchev–Trinajstić information content (AvgIpc) is 2.82. The number of anilines is 1. The molecule has 2 aliphatic rings. The number of hydrogen-bond donors (Lipinski definition) is 2. The molecule has 3 N–H and O–H groups in total. The number of rotatable bonds is 2. The molecular formula is C13H12BrN5O5. The number of hydrogen-bond acceptors (Lipinski definition) is 6. The monoisotopic (exact) mass is 397 g/mol. The Labute approximate surface area is 143 Å². The maximum Gasteiger partial charge on any atom is 0.324 e. The zero-order valence-corrected chi connectivity index (χ0v) is 13.8. The molecule has 1 aromatic rings. The van der Waals surface area contributed by atoms with Crippen molar-refractivity contribution in [2.24, 2.45) is 0 Å². The third-order valence-electron chi connectivity index (χ3n) is 4.01. The fraction of sp³-hybridized carbons (Fsp3) is 0.308. The predicted molar refractivity (Wildman–Crippen MR) is 85.1 cm³/mol. The van der Waals surface area contributed by atoms with Crippen molar-refractivity contribution in [1.29, 1.82) is 0 Å². The van der Waals surface area contributed by atoms with E-state index in [1.165, 1.54) is 21.9 Å². The summed E-state index contributed by atoms with van der Waals surface area (Å²) >= 11 is 3.12. The lowest BCUT2D eigenvalue weighted by molar-refractivity contribution is -0.384. The molecule has 2 aliphatic heterocycles. The zero-order chi connectivity index (χ0) is 17.6. The zero-order valence-electron chi connectivity index (χ0n) is 12.2. The molecule has 1 aromatic carbocycles. The summed E-state index contributed by atoms with van der Waals surface area (Å²) in [4.78, 5) is 49.1. The standard InChI is InChI=1S/C13H12BrN5O5/c14-6-3-7(10(15)8(4-6)19(23)24)12(21)17-1-2-18-9(5-17)11(20)16-13(18)22/h3-4,9H,1-2,5,15H2,(H,16,20,22). The molecule has 2 heterocycles. The van der Waals surface area contributed by atoms with Crippen LogP contribution in [0.15, 0.2) is 16.6 Å². The number of nitro groups is 1. The van der Waals surface area contributed by atoms with Gasteiger partial charge in [-0.25, -0.2) is 4.79 Å². The minimum absolute atomic E-state index is 0.0101. The second kappa shape index (κ2) is 5.74. The molecule has 126 valence electrons. The quantitative estimate of drug-likeness (QED) is 0.318. The summed E-state index contributed by atoms with van der Waals surface area (Å²) in [6, 6.07) is 1.39. The van der Waals surface area contributed by atoms with Gasteiger partial charge < -0.3 is 15.5 Å². The number of urea groups is 1. The topological polar surface area (TPSA) is 139 Å². The first-order chi connectivity index (χ1) is 11.3. The highest BCUT2D eigenvalue weighted by molar-refractivity contribution is 9.10. The summed E-state index contributed by atoms with van der Waals surface area (Å²) in [7, 11) is 0. The lowest BCUT2D eigenvalue weighted by Crippen LogP contribution is -2.54. The van der Waals surface area contributed by atoms with Gasteiger partial charge in [0.1, 0.15) is 11.7 Å². The van der Waals surface area contributed by atoms with E-state index >= 15 is 0 Å². The van der Waals surface area contributed by atoms with E-state index < -0.39 is 28.8 Å². The maximum atomic E-state index is 12.7. The van der Waals surface area contributed by atoms with Gasteiger partial charge in [-0.1, -0.05) is 15.9 Å². The molecule has 4 amide bonds. The third kappa shape index (κ3) is 2.56. The molecule has 1 unspecified atom stereocenters. The van der Waals surface area contributed by atoms with Crippen LogP contribution in [0.2, 0.25) is 0 Å². The molecule has 0 aliphatic carbocycles. The lowest BCUT2D eigenvalue weighted by atomic mass is 10.1. The Bertz CT molecular complexity index is 782. The summed E-state index contributed by atoms with van der Waals surface area (Å²) in [6.45, 7) is 0.413. The van der Waals surface area contributed by atoms with Crippen LogP contribution in [0.1, 0.15) is 10.4 Å². The van der Waals surface area contributed by atoms with Crippen molar-refractivity contribution in [3.05, 3.63) is 32.3 Å². The molecule has 10 nitrogen and oxygen atoms in total. The minimum atomic E-state index is -0.751. The summed E-state index contributed by atoms with van der Waals surface area (Å²) in [5.41, 5.74) is 5.14. The molecule has 0 spiro atoms. The number of piperazine rings is 1. The van der Waals surface area contributed by atoms with Gasteiger partial charge in [-0.05, 0) is 6.07 Å². The molecule has 2 saturated heterocycles. The van der Waals surface area contributed by atoms with Gasteiger partial charge in [-0.2, -0.15) is 0 Å². The number of halogens is 1. The van der Waals surface area contributed by atoms with Gasteiger partial charge in [0.2, 0.25) is 0 Å². The number of benzene rings is 1. The number of carbonyl (C=O) groups excluding carboxylic acids is 3. The normalized spacial score (nSPS) is 20.0. The van der Waals surface area contributed by atoms with Crippen LogP contribution < -0.4 is 11.1 Å². The van der Waals surface area contributed by atoms with Crippen molar-refractivity contribution in [2.75, 3.05) is 25.4 Å². The van der Waals surface area contributed by atoms with Crippen molar-refractivity contribution in [1.82, 2.24) is 15.1 Å². The summed E-state index contributed by atoms with van der Waals surface area (Å²) in [5.74, 6) is -0.991. The molecule has 0 saturated carbocycles. The Morgan fingerprint density at radius 3 is 2.75 bits per heavy atom. The molecule has 0 aromatic heterocycles. The molecule has 1 atom stereocenters. The van der Waals surface area contributed by atoms with Crippen LogP contribution in [0, 0.1) is 10.1 Å². The third-order valence-corrected chi connectivity index (χ3v) is 4.47. The van der Waals surface area contributed by atoms with Gasteiger partial charge in [-0.3, -0.25) is 25.0 Å². The van der Waals surface area contributed by atoms with Crippen LogP contribution >= 0.6 is 15.9 Å². The van der Waals surface area contributed by atoms with Crippen LogP contribution in [-0.4, -0.2) is 58.2 Å². The Balaban J connectivity index is 1.89. The van der Waals surface area contributed by atoms with Crippen LogP contribution in [0.3, 0.4) is 0 Å². The molecule has 0 bridgehead atoms. The van der Waals surface area contributed by atoms with Gasteiger partial charge in [-0.15, -0.1) is 0 Å². The first-order valence-electron chi connectivity index (χ1n) is 6.93. The number of carbonyl (C=O) groups is 3. The van der Waals surface area contributed by atoms with E-state index in [4.69, 9.17) is 5.73 Å². The number of amides is 4. The largest absolute Gasteiger partial charge is 0.393 e. The highest BCUT2D eigenvalue weighted by Crippen LogP contribution is 2.31. The summed E-state index contributed by atoms with van der Waals surface area (Å²) < 4.78 is 0.346. The first kappa shape index (κ1) is 16.2. The predicted octanol–water partition coefficient (Wildman–Crippen LogP) is 0.316. The van der Waals surface area contributed by atoms with E-state index in [1.807, 2.05) is 0 Å². The van der Waals surface area contributed by atoms with E-state index in [0.717, 1.165) is 0 Å². The van der Waals surface area contributed by atoms with E-state index in [2.05, 4.69) is 21.2 Å². The molecule has 0 radical (unpaired) electrons. The number of nitro benzene ring substituents is 1. The fourth-order valence-corrected chi connectivity index (χ4v) is 3.24. The first-order valence-corrected chi connectivity index (χ1v) is 7.73. The van der Waals surface area contributed by atoms with E-state index in [1.54, 1.807) is 0 Å². The van der Waals surface area contributed by atoms with Gasteiger partial charge in [0, 0.05) is 23.6 Å². The van der Waals surface area contributed by atoms with Crippen molar-refractivity contribution < 1.29 is 19.3 Å². The lowest BCUT2D eigenvalue weighted by Gasteiger charge is -2.35. The number of nitrogens with two attached hydrogens (primary N) is 1. The summed E-state index contributed by atoms with van der Waals surface area (Å²) in [6.07, 6.45) is 0. The Morgan fingerprint density at radius 2 is 2.08 bits per heavy atom. The van der Waals surface area contributed by atoms with Crippen LogP contribution in [-0.2, 0) is 4.79 Å². The van der Waals surface area contributed by atoms with Gasteiger partial charge in [0.05, 0.1) is 17.0 Å². The van der Waals surface area contributed by atoms with Crippen LogP contribution in [0.4, 0.5) is 16.2 Å². The van der Waals surface area contributed by atoms with Gasteiger partial charge in [0.25, 0.3) is 17.5 Å². The molecule has 2 fully saturated rings.